The average Bonchev–Trinajstić information content (AvgIpc) is 2.62. The van der Waals surface area contributed by atoms with Crippen LogP contribution >= 0.6 is 0 Å². The third-order valence-electron chi connectivity index (χ3n) is 4.88. The van der Waals surface area contributed by atoms with Gasteiger partial charge in [-0.1, -0.05) is 121 Å². The Balaban J connectivity index is 3.12. The number of hydrogen-bond acceptors (Lipinski definition) is 1. The summed E-state index contributed by atoms with van der Waals surface area (Å²) in [6.45, 7) is 2.28. The highest BCUT2D eigenvalue weighted by Gasteiger charge is 1.94. The first-order valence-electron chi connectivity index (χ1n) is 11.3. The summed E-state index contributed by atoms with van der Waals surface area (Å²) in [5.74, 6) is -0.726. The molecule has 152 valence electrons. The zero-order chi connectivity index (χ0) is 19.1. The molecule has 0 saturated heterocycles. The molecule has 0 radical (unpaired) electrons. The molecule has 0 unspecified atom stereocenters. The fraction of sp³-hybridized carbons (Fsp3) is 0.792. The number of rotatable bonds is 20. The van der Waals surface area contributed by atoms with E-state index >= 15 is 0 Å². The molecular formula is C24H44O2. The molecule has 0 spiro atoms. The van der Waals surface area contributed by atoms with Crippen molar-refractivity contribution < 1.29 is 9.90 Å². The normalized spacial score (nSPS) is 11.7. The van der Waals surface area contributed by atoms with E-state index in [0.717, 1.165) is 6.42 Å². The van der Waals surface area contributed by atoms with Gasteiger partial charge in [-0.2, -0.15) is 0 Å². The summed E-state index contributed by atoms with van der Waals surface area (Å²) in [6, 6.07) is 0. The second-order valence-electron chi connectivity index (χ2n) is 7.53. The van der Waals surface area contributed by atoms with E-state index in [1.54, 1.807) is 0 Å². The van der Waals surface area contributed by atoms with Gasteiger partial charge >= 0.3 is 5.97 Å². The number of unbranched alkanes of at least 4 members (excludes halogenated alkanes) is 15. The van der Waals surface area contributed by atoms with E-state index in [1.807, 2.05) is 18.2 Å². The molecule has 0 aliphatic heterocycles. The van der Waals surface area contributed by atoms with Gasteiger partial charge in [0, 0.05) is 6.42 Å². The Kier molecular flexibility index (Phi) is 21.1. The minimum absolute atomic E-state index is 0.226. The molecule has 0 saturated carbocycles. The van der Waals surface area contributed by atoms with E-state index in [-0.39, 0.29) is 6.42 Å². The van der Waals surface area contributed by atoms with E-state index in [9.17, 15) is 4.79 Å². The summed E-state index contributed by atoms with van der Waals surface area (Å²) in [6.07, 6.45) is 31.2. The van der Waals surface area contributed by atoms with E-state index in [1.165, 1.54) is 96.3 Å². The molecule has 0 amide bonds. The van der Waals surface area contributed by atoms with Crippen molar-refractivity contribution in [3.05, 3.63) is 24.3 Å². The summed E-state index contributed by atoms with van der Waals surface area (Å²) < 4.78 is 0. The van der Waals surface area contributed by atoms with Crippen molar-refractivity contribution in [1.29, 1.82) is 0 Å². The largest absolute Gasteiger partial charge is 0.481 e. The lowest BCUT2D eigenvalue weighted by atomic mass is 10.0. The van der Waals surface area contributed by atoms with Crippen molar-refractivity contribution >= 4 is 5.97 Å². The zero-order valence-electron chi connectivity index (χ0n) is 17.4. The molecule has 1 N–H and O–H groups in total. The molecule has 0 bridgehead atoms. The standard InChI is InChI=1S/C24H44O2/c1-2-3-4-5-6-7-8-9-10-11-12-13-14-15-16-17-18-19-20-21-22-23-24(25)26/h18-21H,2-17,22-23H2,1H3,(H,25,26)/b19-18+,21-20+. The highest BCUT2D eigenvalue weighted by Crippen LogP contribution is 2.13. The summed E-state index contributed by atoms with van der Waals surface area (Å²) in [7, 11) is 0. The van der Waals surface area contributed by atoms with Crippen LogP contribution in [0.25, 0.3) is 0 Å². The van der Waals surface area contributed by atoms with Crippen LogP contribution in [0, 0.1) is 0 Å². The number of allylic oxidation sites excluding steroid dienone is 4. The molecule has 0 atom stereocenters. The maximum Gasteiger partial charge on any atom is 0.303 e. The summed E-state index contributed by atoms with van der Waals surface area (Å²) in [4.78, 5) is 10.3. The van der Waals surface area contributed by atoms with Crippen molar-refractivity contribution in [2.24, 2.45) is 0 Å². The molecule has 26 heavy (non-hydrogen) atoms. The third kappa shape index (κ3) is 22.9. The Morgan fingerprint density at radius 3 is 1.42 bits per heavy atom. The average molecular weight is 365 g/mol. The summed E-state index contributed by atoms with van der Waals surface area (Å²) in [5, 5.41) is 8.52. The zero-order valence-corrected chi connectivity index (χ0v) is 17.4. The van der Waals surface area contributed by atoms with Crippen molar-refractivity contribution in [3.63, 3.8) is 0 Å². The number of hydrogen-bond donors (Lipinski definition) is 1. The monoisotopic (exact) mass is 364 g/mol. The van der Waals surface area contributed by atoms with Gasteiger partial charge in [-0.15, -0.1) is 0 Å². The molecule has 0 fully saturated rings. The molecule has 0 aliphatic rings. The van der Waals surface area contributed by atoms with Gasteiger partial charge in [-0.3, -0.25) is 4.79 Å². The maximum absolute atomic E-state index is 10.3. The second kappa shape index (κ2) is 22.0. The highest BCUT2D eigenvalue weighted by molar-refractivity contribution is 5.66. The van der Waals surface area contributed by atoms with Crippen LogP contribution in [0.4, 0.5) is 0 Å². The smallest absolute Gasteiger partial charge is 0.303 e. The van der Waals surface area contributed by atoms with E-state index < -0.39 is 5.97 Å². The van der Waals surface area contributed by atoms with Crippen LogP contribution in [0.5, 0.6) is 0 Å². The topological polar surface area (TPSA) is 37.3 Å². The molecule has 0 aliphatic carbocycles. The van der Waals surface area contributed by atoms with Crippen molar-refractivity contribution in [1.82, 2.24) is 0 Å². The lowest BCUT2D eigenvalue weighted by Gasteiger charge is -2.03. The van der Waals surface area contributed by atoms with Gasteiger partial charge in [0.1, 0.15) is 0 Å². The molecule has 0 rings (SSSR count). The predicted molar refractivity (Wildman–Crippen MR) is 115 cm³/mol. The van der Waals surface area contributed by atoms with Gasteiger partial charge < -0.3 is 5.11 Å². The first-order valence-corrected chi connectivity index (χ1v) is 11.3. The molecule has 0 aromatic heterocycles. The lowest BCUT2D eigenvalue weighted by molar-refractivity contribution is -0.136. The highest BCUT2D eigenvalue weighted by atomic mass is 16.4. The van der Waals surface area contributed by atoms with Gasteiger partial charge in [-0.25, -0.2) is 0 Å². The Bertz CT molecular complexity index is 344. The van der Waals surface area contributed by atoms with Crippen LogP contribution in [0.1, 0.15) is 122 Å². The van der Waals surface area contributed by atoms with Crippen LogP contribution in [-0.4, -0.2) is 11.1 Å². The molecule has 0 aromatic rings. The summed E-state index contributed by atoms with van der Waals surface area (Å²) in [5.41, 5.74) is 0. The molecular weight excluding hydrogens is 320 g/mol. The molecule has 2 nitrogen and oxygen atoms in total. The van der Waals surface area contributed by atoms with Crippen molar-refractivity contribution in [2.75, 3.05) is 0 Å². The minimum Gasteiger partial charge on any atom is -0.481 e. The Morgan fingerprint density at radius 1 is 0.615 bits per heavy atom. The Hall–Kier alpha value is -1.05. The van der Waals surface area contributed by atoms with Gasteiger partial charge in [0.05, 0.1) is 0 Å². The number of aliphatic carboxylic acids is 1. The Morgan fingerprint density at radius 2 is 1.00 bits per heavy atom. The molecule has 0 aromatic carbocycles. The predicted octanol–water partition coefficient (Wildman–Crippen LogP) is 8.23. The fourth-order valence-corrected chi connectivity index (χ4v) is 3.19. The van der Waals surface area contributed by atoms with E-state index in [4.69, 9.17) is 5.11 Å². The van der Waals surface area contributed by atoms with Gasteiger partial charge in [-0.05, 0) is 19.3 Å². The fourth-order valence-electron chi connectivity index (χ4n) is 3.19. The summed E-state index contributed by atoms with van der Waals surface area (Å²) >= 11 is 0. The number of carboxylic acid groups (broad SMARTS) is 1. The van der Waals surface area contributed by atoms with E-state index in [2.05, 4.69) is 13.0 Å². The maximum atomic E-state index is 10.3. The quantitative estimate of drug-likeness (QED) is 0.174. The van der Waals surface area contributed by atoms with Crippen LogP contribution < -0.4 is 0 Å². The van der Waals surface area contributed by atoms with Gasteiger partial charge in [0.25, 0.3) is 0 Å². The molecule has 0 heterocycles. The number of carbonyl (C=O) groups is 1. The lowest BCUT2D eigenvalue weighted by Crippen LogP contribution is -1.91. The van der Waals surface area contributed by atoms with Gasteiger partial charge in [0.2, 0.25) is 0 Å². The van der Waals surface area contributed by atoms with Crippen molar-refractivity contribution in [2.45, 2.75) is 122 Å². The third-order valence-corrected chi connectivity index (χ3v) is 4.88. The van der Waals surface area contributed by atoms with E-state index in [0.29, 0.717) is 6.42 Å². The minimum atomic E-state index is -0.726. The SMILES string of the molecule is CCCCCCCCCCCCCCCCC/C=C/C=C/CCC(=O)O. The first-order chi connectivity index (χ1) is 12.8. The molecule has 2 heteroatoms. The van der Waals surface area contributed by atoms with Crippen molar-refractivity contribution in [3.8, 4) is 0 Å². The van der Waals surface area contributed by atoms with Crippen LogP contribution in [0.2, 0.25) is 0 Å². The Labute approximate surface area is 163 Å². The number of carboxylic acids is 1. The first kappa shape index (κ1) is 24.9. The van der Waals surface area contributed by atoms with Crippen LogP contribution in [0.15, 0.2) is 24.3 Å². The van der Waals surface area contributed by atoms with Crippen LogP contribution in [0.3, 0.4) is 0 Å². The van der Waals surface area contributed by atoms with Gasteiger partial charge in [0.15, 0.2) is 0 Å². The van der Waals surface area contributed by atoms with Crippen LogP contribution in [-0.2, 0) is 4.79 Å². The second-order valence-corrected chi connectivity index (χ2v) is 7.53.